The molecule has 1 aliphatic rings. The number of carbonyl (C=O) groups is 4. The van der Waals surface area contributed by atoms with Gasteiger partial charge in [-0.05, 0) is 23.3 Å². The standard InChI is InChI=1S/C22H24N4O4S/c1-25(13-16-5-3-2-4-6-16)21(29)23-12-11-19(27)24-18-9-7-17(8-10-18)14-26-20(28)15-31-22(26)30/h2-10H,11-15H2,1H3,(H,23,29)(H,24,27). The fraction of sp³-hybridized carbons (Fsp3) is 0.273. The van der Waals surface area contributed by atoms with E-state index < -0.39 is 0 Å². The van der Waals surface area contributed by atoms with E-state index in [1.54, 1.807) is 36.2 Å². The van der Waals surface area contributed by atoms with Crippen LogP contribution in [0.1, 0.15) is 17.5 Å². The van der Waals surface area contributed by atoms with Crippen molar-refractivity contribution in [3.63, 3.8) is 0 Å². The van der Waals surface area contributed by atoms with E-state index in [-0.39, 0.29) is 48.3 Å². The summed E-state index contributed by atoms with van der Waals surface area (Å²) in [4.78, 5) is 50.4. The first kappa shape index (κ1) is 22.4. The minimum absolute atomic E-state index is 0.140. The number of thioether (sulfide) groups is 1. The molecule has 2 aromatic carbocycles. The molecule has 1 fully saturated rings. The van der Waals surface area contributed by atoms with Crippen LogP contribution in [-0.4, -0.2) is 52.2 Å². The number of amides is 5. The normalized spacial score (nSPS) is 13.3. The van der Waals surface area contributed by atoms with Crippen molar-refractivity contribution in [3.05, 3.63) is 65.7 Å². The zero-order chi connectivity index (χ0) is 22.2. The summed E-state index contributed by atoms with van der Waals surface area (Å²) >= 11 is 1.00. The lowest BCUT2D eigenvalue weighted by molar-refractivity contribution is -0.125. The molecule has 0 unspecified atom stereocenters. The predicted molar refractivity (Wildman–Crippen MR) is 119 cm³/mol. The highest BCUT2D eigenvalue weighted by molar-refractivity contribution is 8.14. The van der Waals surface area contributed by atoms with Gasteiger partial charge < -0.3 is 15.5 Å². The Bertz CT molecular complexity index is 934. The third-order valence-electron chi connectivity index (χ3n) is 4.66. The molecule has 3 rings (SSSR count). The van der Waals surface area contributed by atoms with E-state index in [9.17, 15) is 19.2 Å². The van der Waals surface area contributed by atoms with Crippen LogP contribution in [0.5, 0.6) is 0 Å². The molecule has 9 heteroatoms. The van der Waals surface area contributed by atoms with Crippen LogP contribution in [0.25, 0.3) is 0 Å². The molecule has 0 saturated carbocycles. The van der Waals surface area contributed by atoms with Crippen LogP contribution in [0.2, 0.25) is 0 Å². The zero-order valence-electron chi connectivity index (χ0n) is 17.2. The highest BCUT2D eigenvalue weighted by atomic mass is 32.2. The number of imide groups is 1. The highest BCUT2D eigenvalue weighted by Gasteiger charge is 2.29. The van der Waals surface area contributed by atoms with Crippen molar-refractivity contribution in [2.24, 2.45) is 0 Å². The summed E-state index contributed by atoms with van der Waals surface area (Å²) in [6.45, 7) is 0.929. The Balaban J connectivity index is 1.39. The smallest absolute Gasteiger partial charge is 0.317 e. The minimum atomic E-state index is -0.245. The third kappa shape index (κ3) is 6.58. The highest BCUT2D eigenvalue weighted by Crippen LogP contribution is 2.21. The van der Waals surface area contributed by atoms with Gasteiger partial charge >= 0.3 is 6.03 Å². The molecule has 2 N–H and O–H groups in total. The zero-order valence-corrected chi connectivity index (χ0v) is 18.0. The van der Waals surface area contributed by atoms with Gasteiger partial charge in [-0.15, -0.1) is 0 Å². The molecule has 0 spiro atoms. The van der Waals surface area contributed by atoms with Gasteiger partial charge in [0.1, 0.15) is 0 Å². The number of rotatable bonds is 8. The molecular formula is C22H24N4O4S. The largest absolute Gasteiger partial charge is 0.337 e. The van der Waals surface area contributed by atoms with Crippen LogP contribution in [0.4, 0.5) is 15.3 Å². The number of anilines is 1. The average molecular weight is 441 g/mol. The fourth-order valence-electron chi connectivity index (χ4n) is 2.98. The summed E-state index contributed by atoms with van der Waals surface area (Å²) < 4.78 is 0. The lowest BCUT2D eigenvalue weighted by Crippen LogP contribution is -2.38. The predicted octanol–water partition coefficient (Wildman–Crippen LogP) is 3.05. The molecule has 0 radical (unpaired) electrons. The molecule has 0 bridgehead atoms. The summed E-state index contributed by atoms with van der Waals surface area (Å²) in [7, 11) is 1.70. The summed E-state index contributed by atoms with van der Waals surface area (Å²) in [5.41, 5.74) is 2.43. The minimum Gasteiger partial charge on any atom is -0.337 e. The molecule has 1 aliphatic heterocycles. The van der Waals surface area contributed by atoms with Crippen LogP contribution < -0.4 is 10.6 Å². The topological polar surface area (TPSA) is 98.8 Å². The molecule has 0 atom stereocenters. The number of benzene rings is 2. The maximum absolute atomic E-state index is 12.1. The fourth-order valence-corrected chi connectivity index (χ4v) is 3.71. The first-order valence-corrected chi connectivity index (χ1v) is 10.8. The van der Waals surface area contributed by atoms with E-state index in [2.05, 4.69) is 10.6 Å². The van der Waals surface area contributed by atoms with Crippen molar-refractivity contribution >= 4 is 40.5 Å². The second-order valence-corrected chi connectivity index (χ2v) is 8.03. The van der Waals surface area contributed by atoms with E-state index in [1.807, 2.05) is 30.3 Å². The Morgan fingerprint density at radius 2 is 1.74 bits per heavy atom. The van der Waals surface area contributed by atoms with Crippen LogP contribution >= 0.6 is 11.8 Å². The van der Waals surface area contributed by atoms with Crippen molar-refractivity contribution < 1.29 is 19.2 Å². The Kier molecular flexibility index (Phi) is 7.66. The van der Waals surface area contributed by atoms with E-state index in [4.69, 9.17) is 0 Å². The van der Waals surface area contributed by atoms with E-state index in [1.165, 1.54) is 4.90 Å². The average Bonchev–Trinajstić information content (AvgIpc) is 3.07. The monoisotopic (exact) mass is 440 g/mol. The molecule has 1 saturated heterocycles. The van der Waals surface area contributed by atoms with E-state index in [0.717, 1.165) is 22.9 Å². The number of hydrogen-bond donors (Lipinski definition) is 2. The van der Waals surface area contributed by atoms with Crippen LogP contribution in [0, 0.1) is 0 Å². The van der Waals surface area contributed by atoms with Gasteiger partial charge in [-0.25, -0.2) is 4.79 Å². The third-order valence-corrected chi connectivity index (χ3v) is 5.52. The van der Waals surface area contributed by atoms with Gasteiger partial charge in [0, 0.05) is 32.2 Å². The first-order valence-electron chi connectivity index (χ1n) is 9.81. The van der Waals surface area contributed by atoms with Crippen LogP contribution in [-0.2, 0) is 22.7 Å². The van der Waals surface area contributed by atoms with Crippen molar-refractivity contribution in [3.8, 4) is 0 Å². The summed E-state index contributed by atoms with van der Waals surface area (Å²) in [6.07, 6.45) is 0.140. The Morgan fingerprint density at radius 1 is 1.03 bits per heavy atom. The van der Waals surface area contributed by atoms with Gasteiger partial charge in [0.05, 0.1) is 12.3 Å². The molecule has 0 aromatic heterocycles. The number of nitrogens with zero attached hydrogens (tertiary/aromatic N) is 2. The van der Waals surface area contributed by atoms with Gasteiger partial charge in [0.2, 0.25) is 11.8 Å². The molecule has 5 amide bonds. The molecule has 2 aromatic rings. The van der Waals surface area contributed by atoms with Gasteiger partial charge in [-0.2, -0.15) is 0 Å². The number of carbonyl (C=O) groups excluding carboxylic acids is 4. The van der Waals surface area contributed by atoms with Gasteiger partial charge in [-0.3, -0.25) is 19.3 Å². The molecule has 0 aliphatic carbocycles. The molecule has 31 heavy (non-hydrogen) atoms. The molecular weight excluding hydrogens is 416 g/mol. The van der Waals surface area contributed by atoms with Gasteiger partial charge in [-0.1, -0.05) is 54.2 Å². The quantitative estimate of drug-likeness (QED) is 0.657. The SMILES string of the molecule is CN(Cc1ccccc1)C(=O)NCCC(=O)Nc1ccc(CN2C(=O)CSC2=O)cc1. The maximum atomic E-state index is 12.1. The maximum Gasteiger partial charge on any atom is 0.317 e. The van der Waals surface area contributed by atoms with Crippen molar-refractivity contribution in [1.82, 2.24) is 15.1 Å². The first-order chi connectivity index (χ1) is 14.9. The van der Waals surface area contributed by atoms with Gasteiger partial charge in [0.25, 0.3) is 5.24 Å². The number of urea groups is 1. The van der Waals surface area contributed by atoms with Crippen molar-refractivity contribution in [1.29, 1.82) is 0 Å². The van der Waals surface area contributed by atoms with E-state index in [0.29, 0.717) is 12.2 Å². The van der Waals surface area contributed by atoms with Gasteiger partial charge in [0.15, 0.2) is 0 Å². The van der Waals surface area contributed by atoms with Crippen molar-refractivity contribution in [2.45, 2.75) is 19.5 Å². The molecule has 8 nitrogen and oxygen atoms in total. The second-order valence-electron chi connectivity index (χ2n) is 7.10. The summed E-state index contributed by atoms with van der Waals surface area (Å²) in [5.74, 6) is -0.227. The summed E-state index contributed by atoms with van der Waals surface area (Å²) in [5, 5.41) is 5.26. The summed E-state index contributed by atoms with van der Waals surface area (Å²) in [6, 6.07) is 16.4. The van der Waals surface area contributed by atoms with E-state index >= 15 is 0 Å². The van der Waals surface area contributed by atoms with Crippen LogP contribution in [0.3, 0.4) is 0 Å². The Morgan fingerprint density at radius 3 is 2.39 bits per heavy atom. The van der Waals surface area contributed by atoms with Crippen LogP contribution in [0.15, 0.2) is 54.6 Å². The Labute approximate surface area is 185 Å². The molecule has 162 valence electrons. The lowest BCUT2D eigenvalue weighted by atomic mass is 10.2. The number of nitrogens with one attached hydrogen (secondary N) is 2. The second kappa shape index (κ2) is 10.6. The van der Waals surface area contributed by atoms with Crippen molar-refractivity contribution in [2.75, 3.05) is 24.7 Å². The Hall–Kier alpha value is -3.33. The number of hydrogen-bond acceptors (Lipinski definition) is 5. The lowest BCUT2D eigenvalue weighted by Gasteiger charge is -2.18. The molecule has 1 heterocycles.